The molecule has 3 nitrogen and oxygen atoms in total. The molecule has 2 fully saturated rings. The number of rotatable bonds is 3. The molecule has 2 aliphatic rings. The Kier molecular flexibility index (Phi) is 4.00. The monoisotopic (exact) mass is 310 g/mol. The highest BCUT2D eigenvalue weighted by molar-refractivity contribution is 5.53. The highest BCUT2D eigenvalue weighted by Crippen LogP contribution is 2.39. The quantitative estimate of drug-likeness (QED) is 0.919. The van der Waals surface area contributed by atoms with Crippen molar-refractivity contribution in [3.63, 3.8) is 0 Å². The SMILES string of the molecule is N#Cc1ccc(NC2CCOC(C3CC3)C2)cc1C(F)(F)F. The zero-order chi connectivity index (χ0) is 15.7. The average molecular weight is 310 g/mol. The van der Waals surface area contributed by atoms with E-state index in [0.29, 0.717) is 18.2 Å². The van der Waals surface area contributed by atoms with Crippen molar-refractivity contribution in [2.75, 3.05) is 11.9 Å². The molecule has 2 atom stereocenters. The molecule has 0 bridgehead atoms. The summed E-state index contributed by atoms with van der Waals surface area (Å²) < 4.78 is 44.6. The largest absolute Gasteiger partial charge is 0.417 e. The number of anilines is 1. The zero-order valence-corrected chi connectivity index (χ0v) is 12.0. The van der Waals surface area contributed by atoms with E-state index in [1.165, 1.54) is 25.0 Å². The molecule has 1 N–H and O–H groups in total. The van der Waals surface area contributed by atoms with E-state index in [1.54, 1.807) is 6.07 Å². The zero-order valence-electron chi connectivity index (χ0n) is 12.0. The van der Waals surface area contributed by atoms with Gasteiger partial charge in [0.2, 0.25) is 0 Å². The first-order chi connectivity index (χ1) is 10.5. The van der Waals surface area contributed by atoms with E-state index in [0.717, 1.165) is 18.9 Å². The summed E-state index contributed by atoms with van der Waals surface area (Å²) >= 11 is 0. The molecule has 1 heterocycles. The summed E-state index contributed by atoms with van der Waals surface area (Å²) in [7, 11) is 0. The van der Waals surface area contributed by atoms with Gasteiger partial charge in [-0.1, -0.05) is 0 Å². The lowest BCUT2D eigenvalue weighted by Gasteiger charge is -2.31. The molecule has 1 aliphatic heterocycles. The first kappa shape index (κ1) is 15.2. The standard InChI is InChI=1S/C16H17F3N2O/c17-16(18,19)14-7-12(4-3-11(14)9-20)21-13-5-6-22-15(8-13)10-1-2-10/h3-4,7,10,13,15,21H,1-2,5-6,8H2. The molecule has 22 heavy (non-hydrogen) atoms. The lowest BCUT2D eigenvalue weighted by atomic mass is 9.99. The molecule has 1 aromatic carbocycles. The van der Waals surface area contributed by atoms with E-state index in [-0.39, 0.29) is 17.7 Å². The minimum atomic E-state index is -4.52. The summed E-state index contributed by atoms with van der Waals surface area (Å²) in [5, 5.41) is 12.0. The summed E-state index contributed by atoms with van der Waals surface area (Å²) in [6.45, 7) is 0.640. The van der Waals surface area contributed by atoms with Gasteiger partial charge in [0.15, 0.2) is 0 Å². The molecule has 1 saturated carbocycles. The fraction of sp³-hybridized carbons (Fsp3) is 0.562. The molecular formula is C16H17F3N2O. The van der Waals surface area contributed by atoms with E-state index < -0.39 is 11.7 Å². The Balaban J connectivity index is 1.73. The van der Waals surface area contributed by atoms with E-state index in [4.69, 9.17) is 10.00 Å². The first-order valence-corrected chi connectivity index (χ1v) is 7.47. The molecule has 3 rings (SSSR count). The fourth-order valence-electron chi connectivity index (χ4n) is 2.96. The average Bonchev–Trinajstić information content (AvgIpc) is 3.31. The summed E-state index contributed by atoms with van der Waals surface area (Å²) in [5.41, 5.74) is -0.820. The van der Waals surface area contributed by atoms with Gasteiger partial charge >= 0.3 is 6.18 Å². The Morgan fingerprint density at radius 1 is 1.23 bits per heavy atom. The summed E-state index contributed by atoms with van der Waals surface area (Å²) in [6.07, 6.45) is -0.309. The van der Waals surface area contributed by atoms with Crippen LogP contribution in [-0.2, 0) is 10.9 Å². The number of hydrogen-bond acceptors (Lipinski definition) is 3. The Morgan fingerprint density at radius 3 is 2.64 bits per heavy atom. The molecular weight excluding hydrogens is 293 g/mol. The van der Waals surface area contributed by atoms with Crippen LogP contribution in [0.1, 0.15) is 36.8 Å². The Bertz CT molecular complexity index is 590. The predicted octanol–water partition coefficient (Wildman–Crippen LogP) is 3.95. The first-order valence-electron chi connectivity index (χ1n) is 7.47. The summed E-state index contributed by atoms with van der Waals surface area (Å²) in [4.78, 5) is 0. The van der Waals surface area contributed by atoms with Crippen LogP contribution >= 0.6 is 0 Å². The Morgan fingerprint density at radius 2 is 2.00 bits per heavy atom. The maximum Gasteiger partial charge on any atom is 0.417 e. The van der Waals surface area contributed by atoms with E-state index in [1.807, 2.05) is 0 Å². The van der Waals surface area contributed by atoms with Crippen LogP contribution in [0, 0.1) is 17.2 Å². The second-order valence-corrected chi connectivity index (χ2v) is 5.98. The Hall–Kier alpha value is -1.74. The smallest absolute Gasteiger partial charge is 0.382 e. The van der Waals surface area contributed by atoms with Crippen molar-refractivity contribution in [1.29, 1.82) is 5.26 Å². The number of alkyl halides is 3. The summed E-state index contributed by atoms with van der Waals surface area (Å²) in [5.74, 6) is 0.622. The van der Waals surface area contributed by atoms with Crippen molar-refractivity contribution < 1.29 is 17.9 Å². The minimum Gasteiger partial charge on any atom is -0.382 e. The van der Waals surface area contributed by atoms with Crippen molar-refractivity contribution in [1.82, 2.24) is 0 Å². The number of nitrogens with zero attached hydrogens (tertiary/aromatic N) is 1. The second kappa shape index (κ2) is 5.81. The molecule has 2 unspecified atom stereocenters. The maximum absolute atomic E-state index is 13.0. The molecule has 1 aliphatic carbocycles. The minimum absolute atomic E-state index is 0.119. The van der Waals surface area contributed by atoms with Crippen molar-refractivity contribution in [3.05, 3.63) is 29.3 Å². The molecule has 0 radical (unpaired) electrons. The third kappa shape index (κ3) is 3.36. The molecule has 6 heteroatoms. The van der Waals surface area contributed by atoms with Gasteiger partial charge in [-0.25, -0.2) is 0 Å². The third-order valence-corrected chi connectivity index (χ3v) is 4.28. The summed E-state index contributed by atoms with van der Waals surface area (Å²) in [6, 6.07) is 5.50. The molecule has 1 aromatic rings. The maximum atomic E-state index is 13.0. The van der Waals surface area contributed by atoms with E-state index >= 15 is 0 Å². The molecule has 1 saturated heterocycles. The van der Waals surface area contributed by atoms with Gasteiger partial charge in [0.25, 0.3) is 0 Å². The van der Waals surface area contributed by atoms with Crippen molar-refractivity contribution in [2.24, 2.45) is 5.92 Å². The highest BCUT2D eigenvalue weighted by atomic mass is 19.4. The van der Waals surface area contributed by atoms with Gasteiger partial charge in [0.1, 0.15) is 0 Å². The van der Waals surface area contributed by atoms with Gasteiger partial charge in [0.05, 0.1) is 23.3 Å². The van der Waals surface area contributed by atoms with Crippen molar-refractivity contribution in [2.45, 2.75) is 44.0 Å². The van der Waals surface area contributed by atoms with Crippen LogP contribution in [0.15, 0.2) is 18.2 Å². The third-order valence-electron chi connectivity index (χ3n) is 4.28. The highest BCUT2D eigenvalue weighted by Gasteiger charge is 2.36. The van der Waals surface area contributed by atoms with E-state index in [2.05, 4.69) is 5.32 Å². The fourth-order valence-corrected chi connectivity index (χ4v) is 2.96. The number of nitriles is 1. The van der Waals surface area contributed by atoms with Crippen molar-refractivity contribution >= 4 is 5.69 Å². The van der Waals surface area contributed by atoms with Crippen LogP contribution in [0.4, 0.5) is 18.9 Å². The van der Waals surface area contributed by atoms with Crippen LogP contribution in [0.25, 0.3) is 0 Å². The van der Waals surface area contributed by atoms with Gasteiger partial charge in [-0.05, 0) is 49.8 Å². The molecule has 118 valence electrons. The number of benzene rings is 1. The topological polar surface area (TPSA) is 45.0 Å². The lowest BCUT2D eigenvalue weighted by Crippen LogP contribution is -2.35. The molecule has 0 amide bonds. The van der Waals surface area contributed by atoms with Crippen LogP contribution in [-0.4, -0.2) is 18.8 Å². The second-order valence-electron chi connectivity index (χ2n) is 5.98. The van der Waals surface area contributed by atoms with Crippen LogP contribution in [0.5, 0.6) is 0 Å². The van der Waals surface area contributed by atoms with Crippen molar-refractivity contribution in [3.8, 4) is 6.07 Å². The number of hydrogen-bond donors (Lipinski definition) is 1. The van der Waals surface area contributed by atoms with Gasteiger partial charge in [-0.15, -0.1) is 0 Å². The van der Waals surface area contributed by atoms with E-state index in [9.17, 15) is 13.2 Å². The molecule has 0 aromatic heterocycles. The van der Waals surface area contributed by atoms with Gasteiger partial charge in [-0.3, -0.25) is 0 Å². The number of halogens is 3. The number of ether oxygens (including phenoxy) is 1. The van der Waals surface area contributed by atoms with Gasteiger partial charge < -0.3 is 10.1 Å². The van der Waals surface area contributed by atoms with Gasteiger partial charge in [0, 0.05) is 18.3 Å². The lowest BCUT2D eigenvalue weighted by molar-refractivity contribution is -0.137. The Labute approximate surface area is 127 Å². The van der Waals surface area contributed by atoms with Gasteiger partial charge in [-0.2, -0.15) is 18.4 Å². The normalized spacial score (nSPS) is 25.5. The molecule has 0 spiro atoms. The predicted molar refractivity (Wildman–Crippen MR) is 75.3 cm³/mol. The van der Waals surface area contributed by atoms with Crippen LogP contribution in [0.3, 0.4) is 0 Å². The number of nitrogens with one attached hydrogen (secondary N) is 1. The van der Waals surface area contributed by atoms with Crippen LogP contribution in [0.2, 0.25) is 0 Å². The van der Waals surface area contributed by atoms with Crippen LogP contribution < -0.4 is 5.32 Å².